The Bertz CT molecular complexity index is 1020. The average Bonchev–Trinajstić information content (AvgIpc) is 3.27. The van der Waals surface area contributed by atoms with Crippen molar-refractivity contribution in [2.75, 3.05) is 39.4 Å². The number of amides is 1. The van der Waals surface area contributed by atoms with Gasteiger partial charge in [0, 0.05) is 43.1 Å². The quantitative estimate of drug-likeness (QED) is 0.523. The van der Waals surface area contributed by atoms with Crippen LogP contribution in [0, 0.1) is 18.3 Å². The average molecular weight is 579 g/mol. The van der Waals surface area contributed by atoms with Gasteiger partial charge in [0.2, 0.25) is 5.91 Å². The van der Waals surface area contributed by atoms with E-state index in [0.717, 1.165) is 31.0 Å². The van der Waals surface area contributed by atoms with E-state index in [4.69, 9.17) is 24.5 Å². The van der Waals surface area contributed by atoms with Gasteiger partial charge in [-0.25, -0.2) is 18.4 Å². The summed E-state index contributed by atoms with van der Waals surface area (Å²) in [5.74, 6) is -8.11. The normalized spacial score (nSPS) is 23.9. The van der Waals surface area contributed by atoms with Crippen molar-refractivity contribution < 1.29 is 64.5 Å². The van der Waals surface area contributed by atoms with E-state index in [2.05, 4.69) is 9.88 Å². The number of aryl methyl sites for hydroxylation is 1. The Hall–Kier alpha value is -3.08. The summed E-state index contributed by atoms with van der Waals surface area (Å²) in [7, 11) is 0. The van der Waals surface area contributed by atoms with Crippen LogP contribution in [0.4, 0.5) is 35.1 Å². The number of fused-ring (bicyclic) bond motifs is 1. The number of nitrogens with zero attached hydrogens (tertiary/aromatic N) is 3. The molecule has 220 valence electrons. The lowest BCUT2D eigenvalue weighted by Gasteiger charge is -2.40. The third kappa shape index (κ3) is 9.26. The number of hydrogen-bond acceptors (Lipinski definition) is 6. The highest BCUT2D eigenvalue weighted by Gasteiger charge is 2.54. The van der Waals surface area contributed by atoms with Crippen LogP contribution in [-0.4, -0.2) is 101 Å². The molecule has 0 bridgehead atoms. The van der Waals surface area contributed by atoms with Crippen LogP contribution in [0.3, 0.4) is 0 Å². The first kappa shape index (κ1) is 32.1. The van der Waals surface area contributed by atoms with Crippen LogP contribution in [0.1, 0.15) is 17.8 Å². The highest BCUT2D eigenvalue weighted by Crippen LogP contribution is 2.45. The zero-order valence-corrected chi connectivity index (χ0v) is 20.4. The van der Waals surface area contributed by atoms with Crippen molar-refractivity contribution in [1.29, 1.82) is 0 Å². The molecule has 17 heteroatoms. The van der Waals surface area contributed by atoms with Gasteiger partial charge in [0.25, 0.3) is 5.92 Å². The topological polar surface area (TPSA) is 120 Å². The Kier molecular flexibility index (Phi) is 9.87. The summed E-state index contributed by atoms with van der Waals surface area (Å²) in [6.45, 7) is 4.62. The molecular formula is C22H25F8N3O6. The summed E-state index contributed by atoms with van der Waals surface area (Å²) in [5.41, 5.74) is 1.76. The molecular weight excluding hydrogens is 554 g/mol. The minimum absolute atomic E-state index is 0.169. The smallest absolute Gasteiger partial charge is 0.475 e. The molecule has 39 heavy (non-hydrogen) atoms. The summed E-state index contributed by atoms with van der Waals surface area (Å²) in [5, 5.41) is 14.2. The van der Waals surface area contributed by atoms with Gasteiger partial charge < -0.3 is 19.8 Å². The molecule has 1 amide bonds. The molecule has 9 nitrogen and oxygen atoms in total. The van der Waals surface area contributed by atoms with E-state index in [1.165, 1.54) is 4.90 Å². The van der Waals surface area contributed by atoms with Crippen LogP contribution < -0.4 is 0 Å². The van der Waals surface area contributed by atoms with Gasteiger partial charge in [-0.2, -0.15) is 26.3 Å². The van der Waals surface area contributed by atoms with E-state index in [1.54, 1.807) is 0 Å². The van der Waals surface area contributed by atoms with E-state index >= 15 is 0 Å². The van der Waals surface area contributed by atoms with Gasteiger partial charge in [-0.05, 0) is 19.1 Å². The summed E-state index contributed by atoms with van der Waals surface area (Å²) < 4.78 is 95.2. The molecule has 2 N–H and O–H groups in total. The number of aromatic nitrogens is 1. The fourth-order valence-electron chi connectivity index (χ4n) is 4.33. The molecule has 3 saturated heterocycles. The number of carboxylic acids is 2. The number of alkyl halides is 8. The van der Waals surface area contributed by atoms with Crippen molar-refractivity contribution in [2.24, 2.45) is 11.3 Å². The minimum Gasteiger partial charge on any atom is -0.475 e. The van der Waals surface area contributed by atoms with Crippen molar-refractivity contribution >= 4 is 17.8 Å². The van der Waals surface area contributed by atoms with Gasteiger partial charge in [0.15, 0.2) is 0 Å². The van der Waals surface area contributed by atoms with Gasteiger partial charge in [-0.15, -0.1) is 0 Å². The van der Waals surface area contributed by atoms with E-state index in [-0.39, 0.29) is 17.2 Å². The van der Waals surface area contributed by atoms with E-state index in [0.29, 0.717) is 19.6 Å². The molecule has 3 aliphatic heterocycles. The van der Waals surface area contributed by atoms with Gasteiger partial charge in [0.1, 0.15) is 0 Å². The van der Waals surface area contributed by atoms with E-state index < -0.39 is 43.3 Å². The molecule has 0 unspecified atom stereocenters. The first-order chi connectivity index (χ1) is 17.7. The Morgan fingerprint density at radius 1 is 1.03 bits per heavy atom. The SMILES string of the molecule is Cc1cccc(CN2C[C@@H]3COC[C@]3(CC(=O)N3CC(F)(F)C3)C2)n1.O=C(O)C(F)(F)F.O=C(O)C(F)(F)F. The molecule has 0 aliphatic carbocycles. The number of pyridine rings is 1. The number of hydrogen-bond donors (Lipinski definition) is 2. The molecule has 2 atom stereocenters. The second-order valence-corrected chi connectivity index (χ2v) is 9.40. The maximum absolute atomic E-state index is 13.0. The first-order valence-electron chi connectivity index (χ1n) is 11.2. The summed E-state index contributed by atoms with van der Waals surface area (Å²) in [4.78, 5) is 38.3. The van der Waals surface area contributed by atoms with Crippen LogP contribution in [0.5, 0.6) is 0 Å². The van der Waals surface area contributed by atoms with Crippen LogP contribution >= 0.6 is 0 Å². The standard InChI is InChI=1S/C18H23F2N3O2.2C2HF3O2/c1-13-3-2-4-15(21-13)7-22-6-14-8-25-12-17(14,9-22)5-16(24)23-10-18(19,20)11-23;2*3-2(4,5)1(6)7/h2-4,14H,5-12H2,1H3;2*(H,6,7)/t14-,17+;;/m1../s1. The van der Waals surface area contributed by atoms with Crippen LogP contribution in [0.25, 0.3) is 0 Å². The zero-order valence-electron chi connectivity index (χ0n) is 20.4. The van der Waals surface area contributed by atoms with Crippen molar-refractivity contribution in [3.63, 3.8) is 0 Å². The Morgan fingerprint density at radius 2 is 1.56 bits per heavy atom. The van der Waals surface area contributed by atoms with Gasteiger partial charge in [-0.3, -0.25) is 14.7 Å². The van der Waals surface area contributed by atoms with Crippen LogP contribution in [0.2, 0.25) is 0 Å². The Balaban J connectivity index is 0.000000317. The molecule has 1 aromatic rings. The van der Waals surface area contributed by atoms with E-state index in [1.807, 2.05) is 25.1 Å². The largest absolute Gasteiger partial charge is 0.490 e. The van der Waals surface area contributed by atoms with Crippen molar-refractivity contribution in [2.45, 2.75) is 38.2 Å². The summed E-state index contributed by atoms with van der Waals surface area (Å²) in [6.07, 6.45) is -9.87. The lowest BCUT2D eigenvalue weighted by Crippen LogP contribution is -2.59. The summed E-state index contributed by atoms with van der Waals surface area (Å²) in [6, 6.07) is 5.98. The molecule has 3 fully saturated rings. The highest BCUT2D eigenvalue weighted by molar-refractivity contribution is 5.78. The molecule has 4 heterocycles. The van der Waals surface area contributed by atoms with Gasteiger partial charge in [-0.1, -0.05) is 6.07 Å². The fourth-order valence-corrected chi connectivity index (χ4v) is 4.33. The van der Waals surface area contributed by atoms with Gasteiger partial charge >= 0.3 is 24.3 Å². The molecule has 0 spiro atoms. The monoisotopic (exact) mass is 579 g/mol. The summed E-state index contributed by atoms with van der Waals surface area (Å²) >= 11 is 0. The molecule has 4 rings (SSSR count). The van der Waals surface area contributed by atoms with Crippen LogP contribution in [-0.2, 0) is 25.7 Å². The van der Waals surface area contributed by atoms with Crippen LogP contribution in [0.15, 0.2) is 18.2 Å². The van der Waals surface area contributed by atoms with E-state index in [9.17, 15) is 39.9 Å². The number of ether oxygens (including phenoxy) is 1. The maximum atomic E-state index is 13.0. The number of aliphatic carboxylic acids is 2. The second-order valence-electron chi connectivity index (χ2n) is 9.40. The Morgan fingerprint density at radius 3 is 2.03 bits per heavy atom. The third-order valence-electron chi connectivity index (χ3n) is 6.11. The van der Waals surface area contributed by atoms with Crippen molar-refractivity contribution in [1.82, 2.24) is 14.8 Å². The molecule has 0 radical (unpaired) electrons. The first-order valence-corrected chi connectivity index (χ1v) is 11.2. The number of halogens is 8. The lowest BCUT2D eigenvalue weighted by atomic mass is 9.77. The Labute approximate surface area is 216 Å². The predicted molar refractivity (Wildman–Crippen MR) is 115 cm³/mol. The molecule has 3 aliphatic rings. The third-order valence-corrected chi connectivity index (χ3v) is 6.11. The number of rotatable bonds is 4. The highest BCUT2D eigenvalue weighted by atomic mass is 19.4. The minimum atomic E-state index is -5.08. The number of carbonyl (C=O) groups is 3. The lowest BCUT2D eigenvalue weighted by molar-refractivity contribution is -0.193. The van der Waals surface area contributed by atoms with Crippen molar-refractivity contribution in [3.8, 4) is 0 Å². The zero-order chi connectivity index (χ0) is 29.8. The molecule has 0 aromatic carbocycles. The number of carboxylic acid groups (broad SMARTS) is 2. The molecule has 1 aromatic heterocycles. The molecule has 0 saturated carbocycles. The van der Waals surface area contributed by atoms with Gasteiger partial charge in [0.05, 0.1) is 32.0 Å². The predicted octanol–water partition coefficient (Wildman–Crippen LogP) is 2.97. The number of likely N-dealkylation sites (tertiary alicyclic amines) is 2. The second kappa shape index (κ2) is 12.0. The maximum Gasteiger partial charge on any atom is 0.490 e. The fraction of sp³-hybridized carbons (Fsp3) is 0.636. The van der Waals surface area contributed by atoms with Crippen molar-refractivity contribution in [3.05, 3.63) is 29.6 Å². The number of carbonyl (C=O) groups excluding carboxylic acids is 1.